The Balaban J connectivity index is 3.13. The molecule has 0 amide bonds. The Morgan fingerprint density at radius 2 is 1.87 bits per heavy atom. The van der Waals surface area contributed by atoms with Crippen LogP contribution in [0, 0.1) is 0 Å². The number of rotatable bonds is 7. The summed E-state index contributed by atoms with van der Waals surface area (Å²) in [5.41, 5.74) is 0. The van der Waals surface area contributed by atoms with Gasteiger partial charge in [0.2, 0.25) is 0 Å². The molecule has 6 heteroatoms. The van der Waals surface area contributed by atoms with Crippen molar-refractivity contribution >= 4 is 8.32 Å². The maximum absolute atomic E-state index is 9.73. The van der Waals surface area contributed by atoms with Crippen molar-refractivity contribution in [3.05, 3.63) is 12.7 Å². The molecule has 1 aliphatic rings. The summed E-state index contributed by atoms with van der Waals surface area (Å²) in [6.07, 6.45) is 0.161. The SMILES string of the molecule is C=C[C@H]1OC(C)(C)O[C@@H]1[C@H](O[Si](C)(C)C(C)(C)C)[C@@H](CO)OC. The van der Waals surface area contributed by atoms with Gasteiger partial charge in [0.05, 0.1) is 6.61 Å². The molecule has 0 unspecified atom stereocenters. The first-order chi connectivity index (χ1) is 10.4. The molecule has 5 nitrogen and oxygen atoms in total. The Kier molecular flexibility index (Phi) is 6.63. The predicted octanol–water partition coefficient (Wildman–Crippen LogP) is 3.09. The monoisotopic (exact) mass is 346 g/mol. The fourth-order valence-electron chi connectivity index (χ4n) is 2.44. The van der Waals surface area contributed by atoms with Crippen LogP contribution >= 0.6 is 0 Å². The van der Waals surface area contributed by atoms with Crippen LogP contribution in [-0.2, 0) is 18.6 Å². The lowest BCUT2D eigenvalue weighted by Crippen LogP contribution is -2.54. The molecule has 1 rings (SSSR count). The van der Waals surface area contributed by atoms with Crippen molar-refractivity contribution in [2.75, 3.05) is 13.7 Å². The minimum Gasteiger partial charge on any atom is -0.408 e. The van der Waals surface area contributed by atoms with Crippen LogP contribution in [0.4, 0.5) is 0 Å². The molecule has 0 aliphatic carbocycles. The van der Waals surface area contributed by atoms with E-state index >= 15 is 0 Å². The van der Waals surface area contributed by atoms with E-state index in [0.29, 0.717) is 0 Å². The van der Waals surface area contributed by atoms with Crippen LogP contribution in [0.2, 0.25) is 18.1 Å². The molecule has 1 N–H and O–H groups in total. The third-order valence-electron chi connectivity index (χ3n) is 4.81. The third kappa shape index (κ3) is 4.87. The lowest BCUT2D eigenvalue weighted by Gasteiger charge is -2.42. The van der Waals surface area contributed by atoms with Crippen molar-refractivity contribution in [1.29, 1.82) is 0 Å². The second-order valence-electron chi connectivity index (χ2n) is 8.10. The highest BCUT2D eigenvalue weighted by Crippen LogP contribution is 2.40. The van der Waals surface area contributed by atoms with Gasteiger partial charge >= 0.3 is 0 Å². The van der Waals surface area contributed by atoms with E-state index in [-0.39, 0.29) is 23.9 Å². The van der Waals surface area contributed by atoms with Crippen LogP contribution in [0.1, 0.15) is 34.6 Å². The van der Waals surface area contributed by atoms with E-state index in [1.807, 2.05) is 13.8 Å². The van der Waals surface area contributed by atoms with Gasteiger partial charge in [0, 0.05) is 7.11 Å². The van der Waals surface area contributed by atoms with Crippen molar-refractivity contribution in [3.63, 3.8) is 0 Å². The van der Waals surface area contributed by atoms with Crippen molar-refractivity contribution < 1.29 is 23.7 Å². The molecule has 1 fully saturated rings. The van der Waals surface area contributed by atoms with Crippen LogP contribution in [0.15, 0.2) is 12.7 Å². The van der Waals surface area contributed by atoms with Gasteiger partial charge < -0.3 is 23.7 Å². The zero-order chi connectivity index (χ0) is 18.1. The molecule has 0 aromatic rings. The Morgan fingerprint density at radius 3 is 2.26 bits per heavy atom. The molecule has 0 spiro atoms. The number of ether oxygens (including phenoxy) is 3. The first-order valence-electron chi connectivity index (χ1n) is 8.18. The molecule has 1 heterocycles. The smallest absolute Gasteiger partial charge is 0.192 e. The highest BCUT2D eigenvalue weighted by atomic mass is 28.4. The summed E-state index contributed by atoms with van der Waals surface area (Å²) < 4.78 is 24.0. The van der Waals surface area contributed by atoms with Gasteiger partial charge in [-0.1, -0.05) is 26.8 Å². The van der Waals surface area contributed by atoms with Gasteiger partial charge in [-0.3, -0.25) is 0 Å². The zero-order valence-corrected chi connectivity index (χ0v) is 16.9. The molecule has 4 atom stereocenters. The van der Waals surface area contributed by atoms with E-state index in [4.69, 9.17) is 18.6 Å². The van der Waals surface area contributed by atoms with Gasteiger partial charge in [-0.2, -0.15) is 0 Å². The van der Waals surface area contributed by atoms with Gasteiger partial charge in [-0.25, -0.2) is 0 Å². The van der Waals surface area contributed by atoms with E-state index in [0.717, 1.165) is 0 Å². The van der Waals surface area contributed by atoms with Crippen LogP contribution in [0.5, 0.6) is 0 Å². The summed E-state index contributed by atoms with van der Waals surface area (Å²) in [6.45, 7) is 18.3. The van der Waals surface area contributed by atoms with Crippen LogP contribution in [-0.4, -0.2) is 57.3 Å². The topological polar surface area (TPSA) is 57.2 Å². The van der Waals surface area contributed by atoms with E-state index in [1.54, 1.807) is 13.2 Å². The molecule has 1 saturated heterocycles. The highest BCUT2D eigenvalue weighted by Gasteiger charge is 2.50. The molecule has 0 aromatic heterocycles. The number of hydrogen-bond donors (Lipinski definition) is 1. The van der Waals surface area contributed by atoms with E-state index in [1.165, 1.54) is 0 Å². The molecule has 0 aromatic carbocycles. The first kappa shape index (κ1) is 20.8. The molecule has 0 radical (unpaired) electrons. The van der Waals surface area contributed by atoms with Crippen LogP contribution in [0.25, 0.3) is 0 Å². The summed E-state index contributed by atoms with van der Waals surface area (Å²) in [7, 11) is -0.504. The summed E-state index contributed by atoms with van der Waals surface area (Å²) in [6, 6.07) is 0. The Hall–Kier alpha value is -0.243. The molecular formula is C17H34O5Si. The van der Waals surface area contributed by atoms with E-state index in [2.05, 4.69) is 40.4 Å². The Morgan fingerprint density at radius 1 is 1.30 bits per heavy atom. The highest BCUT2D eigenvalue weighted by molar-refractivity contribution is 6.74. The summed E-state index contributed by atoms with van der Waals surface area (Å²) in [5, 5.41) is 9.77. The van der Waals surface area contributed by atoms with Crippen LogP contribution < -0.4 is 0 Å². The maximum Gasteiger partial charge on any atom is 0.192 e. The molecule has 0 saturated carbocycles. The Labute approximate surface area is 142 Å². The van der Waals surface area contributed by atoms with Crippen molar-refractivity contribution in [3.8, 4) is 0 Å². The van der Waals surface area contributed by atoms with Gasteiger partial charge in [0.15, 0.2) is 14.1 Å². The second-order valence-corrected chi connectivity index (χ2v) is 12.9. The quantitative estimate of drug-likeness (QED) is 0.567. The lowest BCUT2D eigenvalue weighted by molar-refractivity contribution is -0.164. The third-order valence-corrected chi connectivity index (χ3v) is 9.28. The molecule has 136 valence electrons. The number of hydrogen-bond acceptors (Lipinski definition) is 5. The van der Waals surface area contributed by atoms with Gasteiger partial charge in [-0.05, 0) is 32.0 Å². The normalized spacial score (nSPS) is 27.7. The minimum atomic E-state index is -2.08. The fourth-order valence-corrected chi connectivity index (χ4v) is 3.76. The molecule has 23 heavy (non-hydrogen) atoms. The maximum atomic E-state index is 9.73. The average Bonchev–Trinajstić information content (AvgIpc) is 2.72. The van der Waals surface area contributed by atoms with Gasteiger partial charge in [0.1, 0.15) is 24.4 Å². The fraction of sp³-hybridized carbons (Fsp3) is 0.882. The van der Waals surface area contributed by atoms with Crippen molar-refractivity contribution in [2.24, 2.45) is 0 Å². The number of methoxy groups -OCH3 is 1. The number of aliphatic hydroxyl groups is 1. The predicted molar refractivity (Wildman–Crippen MR) is 94.0 cm³/mol. The Bertz CT molecular complexity index is 398. The molecular weight excluding hydrogens is 312 g/mol. The van der Waals surface area contributed by atoms with Crippen molar-refractivity contribution in [2.45, 2.75) is 83.0 Å². The largest absolute Gasteiger partial charge is 0.408 e. The first-order valence-corrected chi connectivity index (χ1v) is 11.1. The zero-order valence-electron chi connectivity index (χ0n) is 15.9. The summed E-state index contributed by atoms with van der Waals surface area (Å²) in [4.78, 5) is 0. The van der Waals surface area contributed by atoms with Crippen molar-refractivity contribution in [1.82, 2.24) is 0 Å². The van der Waals surface area contributed by atoms with E-state index in [9.17, 15) is 5.11 Å². The minimum absolute atomic E-state index is 0.0393. The second kappa shape index (κ2) is 7.33. The van der Waals surface area contributed by atoms with E-state index < -0.39 is 26.3 Å². The molecule has 1 aliphatic heterocycles. The average molecular weight is 347 g/mol. The van der Waals surface area contributed by atoms with Gasteiger partial charge in [-0.15, -0.1) is 6.58 Å². The summed E-state index contributed by atoms with van der Waals surface area (Å²) in [5.74, 6) is -0.716. The summed E-state index contributed by atoms with van der Waals surface area (Å²) >= 11 is 0. The standard InChI is InChI=1S/C17H34O5Si/c1-10-12-14(21-17(5,6)20-12)15(13(11-18)19-7)22-23(8,9)16(2,3)4/h10,12-15,18H,1,11H2,2-9H3/t12-,13-,14+,15-/m1/s1. The van der Waals surface area contributed by atoms with Crippen LogP contribution in [0.3, 0.4) is 0 Å². The molecule has 0 bridgehead atoms. The number of aliphatic hydroxyl groups excluding tert-OH is 1. The lowest BCUT2D eigenvalue weighted by atomic mass is 10.0. The van der Waals surface area contributed by atoms with Gasteiger partial charge in [0.25, 0.3) is 0 Å².